The molecule has 1 aromatic rings. The van der Waals surface area contributed by atoms with Crippen molar-refractivity contribution in [1.82, 2.24) is 4.90 Å². The van der Waals surface area contributed by atoms with Crippen LogP contribution in [0.4, 0.5) is 0 Å². The fourth-order valence-electron chi connectivity index (χ4n) is 3.30. The predicted molar refractivity (Wildman–Crippen MR) is 63.9 cm³/mol. The molecule has 1 aromatic carbocycles. The van der Waals surface area contributed by atoms with Crippen LogP contribution < -0.4 is 0 Å². The molecule has 0 amide bonds. The number of fused-ring (bicyclic) bond motifs is 1. The summed E-state index contributed by atoms with van der Waals surface area (Å²) in [6, 6.07) is 10.6. The van der Waals surface area contributed by atoms with Crippen LogP contribution in [0.5, 0.6) is 0 Å². The molecule has 0 aromatic heterocycles. The van der Waals surface area contributed by atoms with E-state index in [9.17, 15) is 5.11 Å². The summed E-state index contributed by atoms with van der Waals surface area (Å²) in [4.78, 5) is 2.49. The van der Waals surface area contributed by atoms with Gasteiger partial charge in [-0.25, -0.2) is 0 Å². The smallest absolute Gasteiger partial charge is 0.0583 e. The van der Waals surface area contributed by atoms with Crippen LogP contribution in [-0.4, -0.2) is 29.2 Å². The second kappa shape index (κ2) is 4.19. The molecule has 1 aliphatic heterocycles. The molecule has 0 spiro atoms. The Morgan fingerprint density at radius 3 is 2.69 bits per heavy atom. The van der Waals surface area contributed by atoms with Crippen LogP contribution in [-0.2, 0) is 6.54 Å². The Morgan fingerprint density at radius 2 is 1.94 bits per heavy atom. The Bertz CT molecular complexity index is 351. The van der Waals surface area contributed by atoms with E-state index in [2.05, 4.69) is 35.2 Å². The Kier molecular flexibility index (Phi) is 2.70. The normalized spacial score (nSPS) is 34.2. The molecule has 0 unspecified atom stereocenters. The molecular formula is C14H19NO. The quantitative estimate of drug-likeness (QED) is 0.817. The maximum atomic E-state index is 9.86. The maximum absolute atomic E-state index is 9.86. The van der Waals surface area contributed by atoms with Gasteiger partial charge in [0, 0.05) is 25.6 Å². The van der Waals surface area contributed by atoms with Crippen LogP contribution in [0.15, 0.2) is 30.3 Å². The molecule has 1 saturated heterocycles. The molecule has 1 aliphatic carbocycles. The highest BCUT2D eigenvalue weighted by molar-refractivity contribution is 5.15. The lowest BCUT2D eigenvalue weighted by atomic mass is 10.00. The fourth-order valence-corrected chi connectivity index (χ4v) is 3.30. The third kappa shape index (κ3) is 1.87. The summed E-state index contributed by atoms with van der Waals surface area (Å²) in [7, 11) is 0. The van der Waals surface area contributed by atoms with Crippen LogP contribution in [0, 0.1) is 11.8 Å². The molecular weight excluding hydrogens is 198 g/mol. The van der Waals surface area contributed by atoms with Crippen molar-refractivity contribution in [3.63, 3.8) is 0 Å². The van der Waals surface area contributed by atoms with Crippen molar-refractivity contribution in [3.8, 4) is 0 Å². The third-order valence-corrected chi connectivity index (χ3v) is 4.14. The first-order valence-corrected chi connectivity index (χ1v) is 6.27. The molecule has 16 heavy (non-hydrogen) atoms. The number of rotatable bonds is 2. The second-order valence-electron chi connectivity index (χ2n) is 5.25. The van der Waals surface area contributed by atoms with E-state index < -0.39 is 0 Å². The average Bonchev–Trinajstić information content (AvgIpc) is 2.83. The Morgan fingerprint density at radius 1 is 1.12 bits per heavy atom. The van der Waals surface area contributed by atoms with Gasteiger partial charge in [-0.2, -0.15) is 0 Å². The van der Waals surface area contributed by atoms with Gasteiger partial charge in [-0.15, -0.1) is 0 Å². The molecule has 1 N–H and O–H groups in total. The minimum atomic E-state index is -0.0363. The number of hydrogen-bond donors (Lipinski definition) is 1. The van der Waals surface area contributed by atoms with Crippen molar-refractivity contribution in [2.45, 2.75) is 25.5 Å². The SMILES string of the molecule is O[C@@H]1CC[C@H]2CN(Cc3ccccc3)C[C@@H]21. The largest absolute Gasteiger partial charge is 0.393 e. The first-order chi connectivity index (χ1) is 7.83. The number of aliphatic hydroxyl groups excluding tert-OH is 1. The van der Waals surface area contributed by atoms with Gasteiger partial charge in [-0.3, -0.25) is 4.90 Å². The molecule has 1 saturated carbocycles. The molecule has 2 fully saturated rings. The van der Waals surface area contributed by atoms with E-state index in [1.807, 2.05) is 0 Å². The molecule has 0 bridgehead atoms. The van der Waals surface area contributed by atoms with Crippen LogP contribution in [0.2, 0.25) is 0 Å². The Labute approximate surface area is 96.9 Å². The van der Waals surface area contributed by atoms with Gasteiger partial charge in [0.2, 0.25) is 0 Å². The van der Waals surface area contributed by atoms with Gasteiger partial charge in [0.1, 0.15) is 0 Å². The predicted octanol–water partition coefficient (Wildman–Crippen LogP) is 1.89. The van der Waals surface area contributed by atoms with E-state index in [4.69, 9.17) is 0 Å². The third-order valence-electron chi connectivity index (χ3n) is 4.14. The van der Waals surface area contributed by atoms with Crippen LogP contribution >= 0.6 is 0 Å². The molecule has 86 valence electrons. The van der Waals surface area contributed by atoms with Crippen molar-refractivity contribution >= 4 is 0 Å². The zero-order valence-corrected chi connectivity index (χ0v) is 9.55. The lowest BCUT2D eigenvalue weighted by Gasteiger charge is -2.17. The zero-order chi connectivity index (χ0) is 11.0. The molecule has 0 radical (unpaired) electrons. The second-order valence-corrected chi connectivity index (χ2v) is 5.25. The van der Waals surface area contributed by atoms with Crippen LogP contribution in [0.1, 0.15) is 18.4 Å². The van der Waals surface area contributed by atoms with Gasteiger partial charge in [-0.1, -0.05) is 30.3 Å². The minimum Gasteiger partial charge on any atom is -0.393 e. The van der Waals surface area contributed by atoms with E-state index in [1.54, 1.807) is 0 Å². The molecule has 2 heteroatoms. The van der Waals surface area contributed by atoms with E-state index in [1.165, 1.54) is 18.5 Å². The van der Waals surface area contributed by atoms with Crippen LogP contribution in [0.3, 0.4) is 0 Å². The topological polar surface area (TPSA) is 23.5 Å². The number of nitrogens with zero attached hydrogens (tertiary/aromatic N) is 1. The summed E-state index contributed by atoms with van der Waals surface area (Å²) < 4.78 is 0. The summed E-state index contributed by atoms with van der Waals surface area (Å²) in [5.74, 6) is 1.29. The average molecular weight is 217 g/mol. The van der Waals surface area contributed by atoms with Crippen molar-refractivity contribution in [2.24, 2.45) is 11.8 Å². The maximum Gasteiger partial charge on any atom is 0.0583 e. The standard InChI is InChI=1S/C14H19NO/c16-14-7-6-12-9-15(10-13(12)14)8-11-4-2-1-3-5-11/h1-5,12-14,16H,6-10H2/t12-,13-,14+/m0/s1. The Hall–Kier alpha value is -0.860. The summed E-state index contributed by atoms with van der Waals surface area (Å²) in [5.41, 5.74) is 1.39. The lowest BCUT2D eigenvalue weighted by Crippen LogP contribution is -2.24. The van der Waals surface area contributed by atoms with E-state index >= 15 is 0 Å². The molecule has 1 heterocycles. The minimum absolute atomic E-state index is 0.0363. The van der Waals surface area contributed by atoms with Gasteiger partial charge in [-0.05, 0) is 24.3 Å². The first kappa shape index (κ1) is 10.3. The number of hydrogen-bond acceptors (Lipinski definition) is 2. The van der Waals surface area contributed by atoms with Gasteiger partial charge >= 0.3 is 0 Å². The number of likely N-dealkylation sites (tertiary alicyclic amines) is 1. The molecule has 3 atom stereocenters. The van der Waals surface area contributed by atoms with Crippen molar-refractivity contribution in [3.05, 3.63) is 35.9 Å². The highest BCUT2D eigenvalue weighted by Gasteiger charge is 2.41. The molecule has 3 rings (SSSR count). The van der Waals surface area contributed by atoms with Gasteiger partial charge < -0.3 is 5.11 Å². The van der Waals surface area contributed by atoms with Crippen molar-refractivity contribution < 1.29 is 5.11 Å². The summed E-state index contributed by atoms with van der Waals surface area (Å²) in [6.45, 7) is 3.30. The van der Waals surface area contributed by atoms with Crippen LogP contribution in [0.25, 0.3) is 0 Å². The first-order valence-electron chi connectivity index (χ1n) is 6.27. The van der Waals surface area contributed by atoms with Gasteiger partial charge in [0.25, 0.3) is 0 Å². The van der Waals surface area contributed by atoms with Gasteiger partial charge in [0.05, 0.1) is 6.10 Å². The van der Waals surface area contributed by atoms with E-state index in [0.717, 1.165) is 25.4 Å². The zero-order valence-electron chi connectivity index (χ0n) is 9.55. The summed E-state index contributed by atoms with van der Waals surface area (Å²) in [6.07, 6.45) is 2.21. The Balaban J connectivity index is 1.63. The number of aliphatic hydroxyl groups is 1. The fraction of sp³-hybridized carbons (Fsp3) is 0.571. The highest BCUT2D eigenvalue weighted by atomic mass is 16.3. The highest BCUT2D eigenvalue weighted by Crippen LogP contribution is 2.38. The van der Waals surface area contributed by atoms with Crippen molar-refractivity contribution in [2.75, 3.05) is 13.1 Å². The summed E-state index contributed by atoms with van der Waals surface area (Å²) in [5, 5.41) is 9.86. The van der Waals surface area contributed by atoms with Crippen molar-refractivity contribution in [1.29, 1.82) is 0 Å². The summed E-state index contributed by atoms with van der Waals surface area (Å²) >= 11 is 0. The molecule has 2 nitrogen and oxygen atoms in total. The van der Waals surface area contributed by atoms with E-state index in [-0.39, 0.29) is 6.10 Å². The van der Waals surface area contributed by atoms with E-state index in [0.29, 0.717) is 5.92 Å². The lowest BCUT2D eigenvalue weighted by molar-refractivity contribution is 0.123. The monoisotopic (exact) mass is 217 g/mol. The van der Waals surface area contributed by atoms with Gasteiger partial charge in [0.15, 0.2) is 0 Å². The molecule has 2 aliphatic rings. The number of benzene rings is 1.